The van der Waals surface area contributed by atoms with Gasteiger partial charge in [-0.25, -0.2) is 0 Å². The second-order valence-corrected chi connectivity index (χ2v) is 5.08. The summed E-state index contributed by atoms with van der Waals surface area (Å²) in [6, 6.07) is 9.87. The van der Waals surface area contributed by atoms with Crippen molar-refractivity contribution >= 4 is 23.3 Å². The lowest BCUT2D eigenvalue weighted by atomic mass is 10.2. The highest BCUT2D eigenvalue weighted by Gasteiger charge is 2.09. The number of hydrogen-bond donors (Lipinski definition) is 2. The van der Waals surface area contributed by atoms with Gasteiger partial charge in [-0.3, -0.25) is 15.1 Å². The summed E-state index contributed by atoms with van der Waals surface area (Å²) >= 11 is 1.48. The molecule has 0 aliphatic rings. The molecule has 21 heavy (non-hydrogen) atoms. The number of benzene rings is 1. The second-order valence-electron chi connectivity index (χ2n) is 4.04. The van der Waals surface area contributed by atoms with Crippen LogP contribution in [0.3, 0.4) is 0 Å². The van der Waals surface area contributed by atoms with Crippen LogP contribution in [0.4, 0.5) is 5.69 Å². The third-order valence-corrected chi connectivity index (χ3v) is 3.74. The van der Waals surface area contributed by atoms with E-state index < -0.39 is 4.92 Å². The smallest absolute Gasteiger partial charge is 0.269 e. The van der Waals surface area contributed by atoms with Crippen molar-refractivity contribution < 1.29 is 10.1 Å². The summed E-state index contributed by atoms with van der Waals surface area (Å²) in [6.07, 6.45) is 1.56. The predicted molar refractivity (Wildman–Crippen MR) is 79.4 cm³/mol. The monoisotopic (exact) mass is 304 g/mol. The molecule has 2 aromatic rings. The van der Waals surface area contributed by atoms with Crippen LogP contribution in [-0.2, 0) is 5.75 Å². The fourth-order valence-electron chi connectivity index (χ4n) is 1.66. The van der Waals surface area contributed by atoms with Crippen molar-refractivity contribution in [2.75, 3.05) is 0 Å². The zero-order valence-corrected chi connectivity index (χ0v) is 11.7. The van der Waals surface area contributed by atoms with E-state index >= 15 is 0 Å². The summed E-state index contributed by atoms with van der Waals surface area (Å²) in [5.41, 5.74) is 6.87. The van der Waals surface area contributed by atoms with E-state index in [1.165, 1.54) is 23.9 Å². The van der Waals surface area contributed by atoms with Crippen LogP contribution in [-0.4, -0.2) is 21.0 Å². The molecule has 0 radical (unpaired) electrons. The summed E-state index contributed by atoms with van der Waals surface area (Å²) in [6.45, 7) is 0. The number of hydrogen-bond acceptors (Lipinski definition) is 6. The second kappa shape index (κ2) is 6.71. The first-order chi connectivity index (χ1) is 10.1. The normalized spacial score (nSPS) is 11.3. The average Bonchev–Trinajstić information content (AvgIpc) is 2.52. The molecule has 1 heterocycles. The lowest BCUT2D eigenvalue weighted by molar-refractivity contribution is -0.384. The van der Waals surface area contributed by atoms with E-state index in [1.54, 1.807) is 24.4 Å². The van der Waals surface area contributed by atoms with E-state index in [9.17, 15) is 10.1 Å². The molecule has 0 aliphatic heterocycles. The first-order valence-corrected chi connectivity index (χ1v) is 6.89. The van der Waals surface area contributed by atoms with Crippen molar-refractivity contribution in [1.82, 2.24) is 4.98 Å². The van der Waals surface area contributed by atoms with Gasteiger partial charge in [-0.2, -0.15) is 0 Å². The molecule has 7 nitrogen and oxygen atoms in total. The fourth-order valence-corrected chi connectivity index (χ4v) is 2.54. The van der Waals surface area contributed by atoms with Gasteiger partial charge in [0.2, 0.25) is 0 Å². The summed E-state index contributed by atoms with van der Waals surface area (Å²) in [4.78, 5) is 15.1. The van der Waals surface area contributed by atoms with Crippen LogP contribution in [0.1, 0.15) is 11.3 Å². The molecule has 108 valence electrons. The number of nitrogens with zero attached hydrogens (tertiary/aromatic N) is 3. The number of amidine groups is 1. The molecule has 2 rings (SSSR count). The maximum absolute atomic E-state index is 10.6. The van der Waals surface area contributed by atoms with Crippen LogP contribution in [0, 0.1) is 10.1 Å². The number of aromatic nitrogens is 1. The van der Waals surface area contributed by atoms with Crippen LogP contribution in [0.5, 0.6) is 0 Å². The Morgan fingerprint density at radius 3 is 2.71 bits per heavy atom. The molecule has 3 N–H and O–H groups in total. The number of nitrogens with two attached hydrogens (primary N) is 1. The number of pyridine rings is 1. The molecule has 0 saturated carbocycles. The summed E-state index contributed by atoms with van der Waals surface area (Å²) < 4.78 is 0. The number of rotatable bonds is 5. The molecule has 0 saturated heterocycles. The van der Waals surface area contributed by atoms with Gasteiger partial charge in [0.05, 0.1) is 4.92 Å². The van der Waals surface area contributed by atoms with Crippen molar-refractivity contribution in [3.05, 3.63) is 64.0 Å². The van der Waals surface area contributed by atoms with Crippen molar-refractivity contribution in [2.24, 2.45) is 10.9 Å². The Morgan fingerprint density at radius 1 is 1.38 bits per heavy atom. The van der Waals surface area contributed by atoms with Gasteiger partial charge < -0.3 is 10.9 Å². The van der Waals surface area contributed by atoms with E-state index in [0.717, 1.165) is 10.5 Å². The van der Waals surface area contributed by atoms with E-state index in [0.29, 0.717) is 11.4 Å². The van der Waals surface area contributed by atoms with E-state index in [4.69, 9.17) is 10.9 Å². The molecule has 0 amide bonds. The minimum Gasteiger partial charge on any atom is -0.409 e. The van der Waals surface area contributed by atoms with Gasteiger partial charge in [-0.1, -0.05) is 11.2 Å². The Kier molecular flexibility index (Phi) is 4.72. The third-order valence-electron chi connectivity index (χ3n) is 2.68. The van der Waals surface area contributed by atoms with Gasteiger partial charge in [0, 0.05) is 29.0 Å². The summed E-state index contributed by atoms with van der Waals surface area (Å²) in [7, 11) is 0. The summed E-state index contributed by atoms with van der Waals surface area (Å²) in [5, 5.41) is 22.3. The van der Waals surface area contributed by atoms with E-state index in [-0.39, 0.29) is 11.5 Å². The molecule has 0 bridgehead atoms. The third kappa shape index (κ3) is 3.69. The SMILES string of the molecule is NC(=NO)c1ncccc1CSc1ccc([N+](=O)[O-])cc1. The Labute approximate surface area is 124 Å². The number of nitro benzene ring substituents is 1. The maximum Gasteiger partial charge on any atom is 0.269 e. The maximum atomic E-state index is 10.6. The molecule has 0 spiro atoms. The van der Waals surface area contributed by atoms with Gasteiger partial charge >= 0.3 is 0 Å². The van der Waals surface area contributed by atoms with Crippen LogP contribution >= 0.6 is 11.8 Å². The Bertz CT molecular complexity index is 673. The molecule has 0 aliphatic carbocycles. The van der Waals surface area contributed by atoms with Crippen LogP contribution in [0.2, 0.25) is 0 Å². The Morgan fingerprint density at radius 2 is 2.10 bits per heavy atom. The molecule has 1 aromatic heterocycles. The minimum absolute atomic E-state index is 0.0464. The largest absolute Gasteiger partial charge is 0.409 e. The van der Waals surface area contributed by atoms with Gasteiger partial charge in [-0.05, 0) is 23.8 Å². The van der Waals surface area contributed by atoms with Crippen LogP contribution in [0.25, 0.3) is 0 Å². The first kappa shape index (κ1) is 14.8. The van der Waals surface area contributed by atoms with Crippen molar-refractivity contribution in [1.29, 1.82) is 0 Å². The molecular weight excluding hydrogens is 292 g/mol. The van der Waals surface area contributed by atoms with Gasteiger partial charge in [0.15, 0.2) is 5.84 Å². The minimum atomic E-state index is -0.438. The van der Waals surface area contributed by atoms with Gasteiger partial charge in [0.25, 0.3) is 5.69 Å². The predicted octanol–water partition coefficient (Wildman–Crippen LogP) is 2.38. The van der Waals surface area contributed by atoms with Crippen LogP contribution < -0.4 is 5.73 Å². The number of nitro groups is 1. The quantitative estimate of drug-likeness (QED) is 0.219. The molecular formula is C13H12N4O3S. The highest BCUT2D eigenvalue weighted by molar-refractivity contribution is 7.98. The topological polar surface area (TPSA) is 115 Å². The van der Waals surface area contributed by atoms with E-state index in [1.807, 2.05) is 6.07 Å². The zero-order chi connectivity index (χ0) is 15.2. The van der Waals surface area contributed by atoms with Crippen molar-refractivity contribution in [3.8, 4) is 0 Å². The fraction of sp³-hybridized carbons (Fsp3) is 0.0769. The van der Waals surface area contributed by atoms with Crippen molar-refractivity contribution in [2.45, 2.75) is 10.6 Å². The van der Waals surface area contributed by atoms with Gasteiger partial charge in [0.1, 0.15) is 5.69 Å². The number of non-ortho nitro benzene ring substituents is 1. The highest BCUT2D eigenvalue weighted by Crippen LogP contribution is 2.25. The highest BCUT2D eigenvalue weighted by atomic mass is 32.2. The first-order valence-electron chi connectivity index (χ1n) is 5.91. The summed E-state index contributed by atoms with van der Waals surface area (Å²) in [5.74, 6) is 0.506. The average molecular weight is 304 g/mol. The molecule has 1 aromatic carbocycles. The number of thioether (sulfide) groups is 1. The van der Waals surface area contributed by atoms with E-state index in [2.05, 4.69) is 10.1 Å². The lowest BCUT2D eigenvalue weighted by Gasteiger charge is -2.06. The molecule has 8 heteroatoms. The van der Waals surface area contributed by atoms with Crippen LogP contribution in [0.15, 0.2) is 52.6 Å². The Balaban J connectivity index is 2.11. The lowest BCUT2D eigenvalue weighted by Crippen LogP contribution is -2.17. The Hall–Kier alpha value is -2.61. The van der Waals surface area contributed by atoms with Gasteiger partial charge in [-0.15, -0.1) is 11.8 Å². The van der Waals surface area contributed by atoms with Crippen molar-refractivity contribution in [3.63, 3.8) is 0 Å². The number of oxime groups is 1. The molecule has 0 unspecified atom stereocenters. The zero-order valence-electron chi connectivity index (χ0n) is 10.8. The molecule has 0 fully saturated rings. The standard InChI is InChI=1S/C13H12N4O3S/c14-13(16-18)12-9(2-1-7-15-12)8-21-11-5-3-10(4-6-11)17(19)20/h1-7,18H,8H2,(H2,14,16). The molecule has 0 atom stereocenters.